The largest absolute Gasteiger partial charge is 0.309 e. The maximum Gasteiger partial charge on any atom is 0.0541 e. The van der Waals surface area contributed by atoms with E-state index in [1.807, 2.05) is 0 Å². The number of hydrogen-bond acceptors (Lipinski definition) is 0. The van der Waals surface area contributed by atoms with Gasteiger partial charge in [0.25, 0.3) is 0 Å². The standard InChI is InChI=1S/C52H40N2/c1-52(2,3)41-26-20-36(21-27-41)37-22-28-42(29-23-37)53-48-18-9-7-16-44(48)46-33-39(24-30-50(46)53)40-25-31-51-47(34-40)45-17-8-10-19-49(45)54(51)43-15-11-14-38(32-43)35-12-5-4-6-13-35/h4-34H,1-3H3. The summed E-state index contributed by atoms with van der Waals surface area (Å²) in [5.41, 5.74) is 16.0. The van der Waals surface area contributed by atoms with Crippen molar-refractivity contribution in [2.75, 3.05) is 0 Å². The SMILES string of the molecule is CC(C)(C)c1ccc(-c2ccc(-n3c4ccccc4c4cc(-c5ccc6c(c5)c5ccccc5n6-c5cccc(-c6ccccc6)c5)ccc43)cc2)cc1. The van der Waals surface area contributed by atoms with Gasteiger partial charge in [0.15, 0.2) is 0 Å². The summed E-state index contributed by atoms with van der Waals surface area (Å²) in [6.07, 6.45) is 0. The van der Waals surface area contributed by atoms with Gasteiger partial charge in [0.1, 0.15) is 0 Å². The molecule has 0 fully saturated rings. The minimum atomic E-state index is 0.141. The Labute approximate surface area is 316 Å². The van der Waals surface area contributed by atoms with Crippen molar-refractivity contribution in [2.45, 2.75) is 26.2 Å². The monoisotopic (exact) mass is 692 g/mol. The lowest BCUT2D eigenvalue weighted by atomic mass is 9.86. The summed E-state index contributed by atoms with van der Waals surface area (Å²) in [7, 11) is 0. The molecule has 8 aromatic carbocycles. The van der Waals surface area contributed by atoms with Crippen molar-refractivity contribution >= 4 is 43.6 Å². The first kappa shape index (κ1) is 32.0. The highest BCUT2D eigenvalue weighted by molar-refractivity contribution is 6.12. The molecule has 10 aromatic rings. The number of benzene rings is 8. The van der Waals surface area contributed by atoms with Crippen LogP contribution in [0.1, 0.15) is 26.3 Å². The van der Waals surface area contributed by atoms with E-state index in [2.05, 4.69) is 218 Å². The van der Waals surface area contributed by atoms with Crippen molar-refractivity contribution in [1.82, 2.24) is 9.13 Å². The molecule has 2 aromatic heterocycles. The summed E-state index contributed by atoms with van der Waals surface area (Å²) < 4.78 is 4.81. The van der Waals surface area contributed by atoms with Gasteiger partial charge in [-0.3, -0.25) is 0 Å². The van der Waals surface area contributed by atoms with Gasteiger partial charge in [0.05, 0.1) is 22.1 Å². The number of fused-ring (bicyclic) bond motifs is 6. The molecule has 0 N–H and O–H groups in total. The summed E-state index contributed by atoms with van der Waals surface area (Å²) in [4.78, 5) is 0. The van der Waals surface area contributed by atoms with Crippen molar-refractivity contribution in [3.05, 3.63) is 194 Å². The summed E-state index contributed by atoms with van der Waals surface area (Å²) >= 11 is 0. The van der Waals surface area contributed by atoms with E-state index in [4.69, 9.17) is 0 Å². The second-order valence-electron chi connectivity index (χ2n) is 15.5. The van der Waals surface area contributed by atoms with Gasteiger partial charge in [0, 0.05) is 32.9 Å². The Kier molecular flexibility index (Phi) is 7.42. The fraction of sp³-hybridized carbons (Fsp3) is 0.0769. The first-order valence-corrected chi connectivity index (χ1v) is 18.8. The quantitative estimate of drug-likeness (QED) is 0.170. The normalized spacial score (nSPS) is 12.0. The smallest absolute Gasteiger partial charge is 0.0541 e. The summed E-state index contributed by atoms with van der Waals surface area (Å²) in [6, 6.07) is 69.0. The highest BCUT2D eigenvalue weighted by Gasteiger charge is 2.17. The van der Waals surface area contributed by atoms with Crippen molar-refractivity contribution in [3.63, 3.8) is 0 Å². The third kappa shape index (κ3) is 5.33. The van der Waals surface area contributed by atoms with E-state index < -0.39 is 0 Å². The minimum absolute atomic E-state index is 0.141. The Balaban J connectivity index is 1.06. The zero-order valence-corrected chi connectivity index (χ0v) is 30.8. The van der Waals surface area contributed by atoms with Gasteiger partial charge >= 0.3 is 0 Å². The molecule has 0 amide bonds. The van der Waals surface area contributed by atoms with Gasteiger partial charge in [-0.2, -0.15) is 0 Å². The van der Waals surface area contributed by atoms with Crippen LogP contribution in [-0.2, 0) is 5.41 Å². The first-order chi connectivity index (χ1) is 26.4. The molecule has 2 nitrogen and oxygen atoms in total. The minimum Gasteiger partial charge on any atom is -0.309 e. The van der Waals surface area contributed by atoms with E-state index in [0.717, 1.165) is 11.4 Å². The first-order valence-electron chi connectivity index (χ1n) is 18.8. The molecule has 0 aliphatic heterocycles. The maximum atomic E-state index is 2.41. The number of nitrogens with zero attached hydrogens (tertiary/aromatic N) is 2. The van der Waals surface area contributed by atoms with Crippen molar-refractivity contribution in [3.8, 4) is 44.8 Å². The van der Waals surface area contributed by atoms with Crippen LogP contribution in [0.3, 0.4) is 0 Å². The van der Waals surface area contributed by atoms with E-state index in [1.54, 1.807) is 0 Å². The van der Waals surface area contributed by atoms with Crippen LogP contribution in [0.15, 0.2) is 188 Å². The molecular formula is C52H40N2. The Morgan fingerprint density at radius 3 is 1.30 bits per heavy atom. The fourth-order valence-electron chi connectivity index (χ4n) is 8.28. The fourth-order valence-corrected chi connectivity index (χ4v) is 8.28. The number of hydrogen-bond donors (Lipinski definition) is 0. The molecule has 0 atom stereocenters. The van der Waals surface area contributed by atoms with E-state index in [9.17, 15) is 0 Å². The van der Waals surface area contributed by atoms with Crippen LogP contribution in [0.25, 0.3) is 88.4 Å². The lowest BCUT2D eigenvalue weighted by molar-refractivity contribution is 0.590. The Hall–Kier alpha value is -6.64. The van der Waals surface area contributed by atoms with E-state index in [-0.39, 0.29) is 5.41 Å². The second-order valence-corrected chi connectivity index (χ2v) is 15.5. The molecule has 0 aliphatic rings. The molecule has 2 heteroatoms. The molecule has 0 radical (unpaired) electrons. The Morgan fingerprint density at radius 1 is 0.296 bits per heavy atom. The van der Waals surface area contributed by atoms with Crippen LogP contribution in [0.5, 0.6) is 0 Å². The summed E-state index contributed by atoms with van der Waals surface area (Å²) in [6.45, 7) is 6.78. The third-order valence-electron chi connectivity index (χ3n) is 11.1. The van der Waals surface area contributed by atoms with Gasteiger partial charge in [-0.1, -0.05) is 148 Å². The van der Waals surface area contributed by atoms with E-state index >= 15 is 0 Å². The lowest BCUT2D eigenvalue weighted by Crippen LogP contribution is -2.10. The van der Waals surface area contributed by atoms with Gasteiger partial charge < -0.3 is 9.13 Å². The van der Waals surface area contributed by atoms with Gasteiger partial charge in [0.2, 0.25) is 0 Å². The number of para-hydroxylation sites is 2. The average Bonchev–Trinajstić information content (AvgIpc) is 3.73. The summed E-state index contributed by atoms with van der Waals surface area (Å²) in [5, 5.41) is 5.02. The second kappa shape index (κ2) is 12.5. The topological polar surface area (TPSA) is 9.86 Å². The van der Waals surface area contributed by atoms with E-state index in [1.165, 1.54) is 82.6 Å². The molecule has 0 unspecified atom stereocenters. The van der Waals surface area contributed by atoms with Gasteiger partial charge in [-0.15, -0.1) is 0 Å². The summed E-state index contributed by atoms with van der Waals surface area (Å²) in [5.74, 6) is 0. The highest BCUT2D eigenvalue weighted by Crippen LogP contribution is 2.39. The maximum absolute atomic E-state index is 2.41. The molecule has 0 bridgehead atoms. The van der Waals surface area contributed by atoms with Crippen LogP contribution in [0, 0.1) is 0 Å². The highest BCUT2D eigenvalue weighted by atomic mass is 15.0. The zero-order valence-electron chi connectivity index (χ0n) is 30.8. The molecule has 258 valence electrons. The van der Waals surface area contributed by atoms with Crippen molar-refractivity contribution in [1.29, 1.82) is 0 Å². The predicted octanol–water partition coefficient (Wildman–Crippen LogP) is 14.2. The third-order valence-corrected chi connectivity index (χ3v) is 11.1. The molecule has 10 rings (SSSR count). The van der Waals surface area contributed by atoms with Crippen LogP contribution in [-0.4, -0.2) is 9.13 Å². The molecule has 2 heterocycles. The van der Waals surface area contributed by atoms with Crippen LogP contribution in [0.4, 0.5) is 0 Å². The van der Waals surface area contributed by atoms with Gasteiger partial charge in [-0.05, 0) is 105 Å². The molecule has 0 aliphatic carbocycles. The molecular weight excluding hydrogens is 653 g/mol. The van der Waals surface area contributed by atoms with Crippen LogP contribution >= 0.6 is 0 Å². The number of aromatic nitrogens is 2. The van der Waals surface area contributed by atoms with Gasteiger partial charge in [-0.25, -0.2) is 0 Å². The van der Waals surface area contributed by atoms with Crippen LogP contribution < -0.4 is 0 Å². The van der Waals surface area contributed by atoms with Crippen molar-refractivity contribution in [2.24, 2.45) is 0 Å². The number of rotatable bonds is 5. The average molecular weight is 693 g/mol. The molecule has 0 spiro atoms. The molecule has 54 heavy (non-hydrogen) atoms. The lowest BCUT2D eigenvalue weighted by Gasteiger charge is -2.19. The molecule has 0 saturated heterocycles. The van der Waals surface area contributed by atoms with E-state index in [0.29, 0.717) is 0 Å². The zero-order chi connectivity index (χ0) is 36.4. The molecule has 0 saturated carbocycles. The predicted molar refractivity (Wildman–Crippen MR) is 230 cm³/mol. The Morgan fingerprint density at radius 2 is 0.722 bits per heavy atom. The van der Waals surface area contributed by atoms with Crippen molar-refractivity contribution < 1.29 is 0 Å². The van der Waals surface area contributed by atoms with Crippen LogP contribution in [0.2, 0.25) is 0 Å². The Bertz CT molecular complexity index is 2990.